The van der Waals surface area contributed by atoms with E-state index in [1.165, 1.54) is 0 Å². The highest BCUT2D eigenvalue weighted by atomic mass is 16.6. The number of hydrogen-bond donors (Lipinski definition) is 3. The molecule has 0 aromatic rings. The monoisotopic (exact) mass is 272 g/mol. The third-order valence-electron chi connectivity index (χ3n) is 3.15. The third kappa shape index (κ3) is 8.06. The summed E-state index contributed by atoms with van der Waals surface area (Å²) >= 11 is 0. The van der Waals surface area contributed by atoms with Gasteiger partial charge in [-0.3, -0.25) is 0 Å². The van der Waals surface area contributed by atoms with Gasteiger partial charge in [-0.05, 0) is 65.5 Å². The van der Waals surface area contributed by atoms with E-state index in [1.807, 2.05) is 20.8 Å². The lowest BCUT2D eigenvalue weighted by Crippen LogP contribution is -2.34. The number of nitrogens with one attached hydrogen (secondary N) is 2. The number of alkyl carbamates (subject to hydrolysis) is 1. The van der Waals surface area contributed by atoms with Crippen LogP contribution in [-0.2, 0) is 4.74 Å². The maximum absolute atomic E-state index is 11.4. The Kier molecular flexibility index (Phi) is 6.58. The summed E-state index contributed by atoms with van der Waals surface area (Å²) in [6.45, 7) is 8.01. The highest BCUT2D eigenvalue weighted by Crippen LogP contribution is 2.24. The van der Waals surface area contributed by atoms with E-state index in [4.69, 9.17) is 4.74 Å². The third-order valence-corrected chi connectivity index (χ3v) is 3.15. The average Bonchev–Trinajstić information content (AvgIpc) is 2.67. The molecule has 1 amide bonds. The van der Waals surface area contributed by atoms with Crippen molar-refractivity contribution in [3.05, 3.63) is 0 Å². The molecule has 0 aliphatic heterocycles. The first-order valence-electron chi connectivity index (χ1n) is 7.22. The summed E-state index contributed by atoms with van der Waals surface area (Å²) in [6.07, 6.45) is 3.40. The lowest BCUT2D eigenvalue weighted by atomic mass is 10.1. The predicted octanol–water partition coefficient (Wildman–Crippen LogP) is 1.65. The maximum atomic E-state index is 11.4. The van der Waals surface area contributed by atoms with Gasteiger partial charge in [-0.1, -0.05) is 0 Å². The van der Waals surface area contributed by atoms with Crippen LogP contribution < -0.4 is 10.6 Å². The smallest absolute Gasteiger partial charge is 0.407 e. The highest BCUT2D eigenvalue weighted by Gasteiger charge is 2.21. The number of amides is 1. The topological polar surface area (TPSA) is 70.6 Å². The predicted molar refractivity (Wildman–Crippen MR) is 75.1 cm³/mol. The second kappa shape index (κ2) is 7.70. The standard InChI is InChI=1S/C14H28N2O3/c1-14(2,3)19-13(18)16-8-4-7-15-10-11-5-6-12(17)9-11/h11-12,15,17H,4-10H2,1-3H3,(H,16,18). The molecule has 1 rings (SSSR count). The van der Waals surface area contributed by atoms with Gasteiger partial charge in [-0.25, -0.2) is 4.79 Å². The molecule has 2 atom stereocenters. The normalized spacial score (nSPS) is 23.4. The molecule has 3 N–H and O–H groups in total. The van der Waals surface area contributed by atoms with Gasteiger partial charge in [0.05, 0.1) is 6.10 Å². The molecule has 1 fully saturated rings. The molecule has 0 aromatic carbocycles. The first-order chi connectivity index (χ1) is 8.87. The van der Waals surface area contributed by atoms with Gasteiger partial charge in [0.25, 0.3) is 0 Å². The van der Waals surface area contributed by atoms with Gasteiger partial charge in [-0.15, -0.1) is 0 Å². The first-order valence-corrected chi connectivity index (χ1v) is 7.22. The molecule has 0 aromatic heterocycles. The molecule has 0 heterocycles. The molecule has 2 unspecified atom stereocenters. The Bertz CT molecular complexity index is 276. The van der Waals surface area contributed by atoms with Crippen LogP contribution in [0.5, 0.6) is 0 Å². The van der Waals surface area contributed by atoms with Crippen molar-refractivity contribution in [2.24, 2.45) is 5.92 Å². The van der Waals surface area contributed by atoms with E-state index in [0.717, 1.165) is 38.8 Å². The molecule has 5 nitrogen and oxygen atoms in total. The van der Waals surface area contributed by atoms with E-state index in [9.17, 15) is 9.90 Å². The molecular weight excluding hydrogens is 244 g/mol. The number of aliphatic hydroxyl groups is 1. The van der Waals surface area contributed by atoms with E-state index in [-0.39, 0.29) is 12.2 Å². The molecule has 1 aliphatic rings. The van der Waals surface area contributed by atoms with Crippen LogP contribution in [0.25, 0.3) is 0 Å². The van der Waals surface area contributed by atoms with Crippen molar-refractivity contribution in [3.8, 4) is 0 Å². The number of carbonyl (C=O) groups is 1. The first kappa shape index (κ1) is 16.2. The van der Waals surface area contributed by atoms with Gasteiger partial charge < -0.3 is 20.5 Å². The van der Waals surface area contributed by atoms with E-state index in [1.54, 1.807) is 0 Å². The molecule has 5 heteroatoms. The Balaban J connectivity index is 1.92. The molecule has 19 heavy (non-hydrogen) atoms. The van der Waals surface area contributed by atoms with Crippen molar-refractivity contribution in [2.45, 2.75) is 58.2 Å². The zero-order chi connectivity index (χ0) is 14.3. The van der Waals surface area contributed by atoms with E-state index >= 15 is 0 Å². The lowest BCUT2D eigenvalue weighted by Gasteiger charge is -2.19. The van der Waals surface area contributed by atoms with Gasteiger partial charge >= 0.3 is 6.09 Å². The van der Waals surface area contributed by atoms with E-state index in [2.05, 4.69) is 10.6 Å². The quantitative estimate of drug-likeness (QED) is 0.643. The fraction of sp³-hybridized carbons (Fsp3) is 0.929. The van der Waals surface area contributed by atoms with Crippen molar-refractivity contribution in [2.75, 3.05) is 19.6 Å². The summed E-state index contributed by atoms with van der Waals surface area (Å²) in [4.78, 5) is 11.4. The zero-order valence-corrected chi connectivity index (χ0v) is 12.4. The summed E-state index contributed by atoms with van der Waals surface area (Å²) in [7, 11) is 0. The zero-order valence-electron chi connectivity index (χ0n) is 12.4. The van der Waals surface area contributed by atoms with Crippen molar-refractivity contribution >= 4 is 6.09 Å². The molecule has 112 valence electrons. The number of ether oxygens (including phenoxy) is 1. The molecule has 0 radical (unpaired) electrons. The summed E-state index contributed by atoms with van der Waals surface area (Å²) in [5.74, 6) is 0.605. The van der Waals surface area contributed by atoms with Crippen molar-refractivity contribution in [1.82, 2.24) is 10.6 Å². The van der Waals surface area contributed by atoms with Gasteiger partial charge in [-0.2, -0.15) is 0 Å². The Labute approximate surface area is 116 Å². The average molecular weight is 272 g/mol. The van der Waals surface area contributed by atoms with Crippen LogP contribution in [-0.4, -0.2) is 42.5 Å². The van der Waals surface area contributed by atoms with Gasteiger partial charge in [0.15, 0.2) is 0 Å². The Morgan fingerprint density at radius 2 is 2.05 bits per heavy atom. The minimum absolute atomic E-state index is 0.0966. The largest absolute Gasteiger partial charge is 0.444 e. The second-order valence-corrected chi connectivity index (χ2v) is 6.32. The van der Waals surface area contributed by atoms with Crippen LogP contribution in [0.4, 0.5) is 4.79 Å². The summed E-state index contributed by atoms with van der Waals surface area (Å²) in [5.41, 5.74) is -0.439. The number of rotatable bonds is 6. The second-order valence-electron chi connectivity index (χ2n) is 6.32. The van der Waals surface area contributed by atoms with Crippen LogP contribution in [0.2, 0.25) is 0 Å². The van der Waals surface area contributed by atoms with Crippen LogP contribution in [0.15, 0.2) is 0 Å². The molecule has 0 bridgehead atoms. The van der Waals surface area contributed by atoms with Crippen molar-refractivity contribution in [1.29, 1.82) is 0 Å². The molecule has 0 spiro atoms. The fourth-order valence-electron chi connectivity index (χ4n) is 2.26. The minimum Gasteiger partial charge on any atom is -0.444 e. The summed E-state index contributed by atoms with van der Waals surface area (Å²) < 4.78 is 5.14. The van der Waals surface area contributed by atoms with Gasteiger partial charge in [0.1, 0.15) is 5.60 Å². The molecule has 1 saturated carbocycles. The van der Waals surface area contributed by atoms with E-state index < -0.39 is 5.60 Å². The summed E-state index contributed by atoms with van der Waals surface area (Å²) in [6, 6.07) is 0. The van der Waals surface area contributed by atoms with Crippen LogP contribution >= 0.6 is 0 Å². The van der Waals surface area contributed by atoms with Crippen LogP contribution in [0.3, 0.4) is 0 Å². The maximum Gasteiger partial charge on any atom is 0.407 e. The molecule has 0 saturated heterocycles. The minimum atomic E-state index is -0.439. The molecular formula is C14H28N2O3. The fourth-order valence-corrected chi connectivity index (χ4v) is 2.26. The van der Waals surface area contributed by atoms with Crippen molar-refractivity contribution in [3.63, 3.8) is 0 Å². The Morgan fingerprint density at radius 3 is 2.63 bits per heavy atom. The number of carbonyl (C=O) groups excluding carboxylic acids is 1. The van der Waals surface area contributed by atoms with Crippen LogP contribution in [0.1, 0.15) is 46.5 Å². The number of hydrogen-bond acceptors (Lipinski definition) is 4. The van der Waals surface area contributed by atoms with Gasteiger partial charge in [0, 0.05) is 6.54 Å². The Morgan fingerprint density at radius 1 is 1.32 bits per heavy atom. The number of aliphatic hydroxyl groups excluding tert-OH is 1. The van der Waals surface area contributed by atoms with Crippen molar-refractivity contribution < 1.29 is 14.6 Å². The van der Waals surface area contributed by atoms with Gasteiger partial charge in [0.2, 0.25) is 0 Å². The van der Waals surface area contributed by atoms with E-state index in [0.29, 0.717) is 12.5 Å². The molecule has 1 aliphatic carbocycles. The highest BCUT2D eigenvalue weighted by molar-refractivity contribution is 5.67. The SMILES string of the molecule is CC(C)(C)OC(=O)NCCCNCC1CCC(O)C1. The Hall–Kier alpha value is -0.810. The summed E-state index contributed by atoms with van der Waals surface area (Å²) in [5, 5.41) is 15.5. The lowest BCUT2D eigenvalue weighted by molar-refractivity contribution is 0.0527. The van der Waals surface area contributed by atoms with Crippen LogP contribution in [0, 0.1) is 5.92 Å².